The first-order valence-corrected chi connectivity index (χ1v) is 3.81. The molecule has 1 fully saturated rings. The van der Waals surface area contributed by atoms with Crippen molar-refractivity contribution in [3.63, 3.8) is 0 Å². The van der Waals surface area contributed by atoms with Gasteiger partial charge in [0.15, 0.2) is 11.6 Å². The van der Waals surface area contributed by atoms with Gasteiger partial charge in [-0.1, -0.05) is 0 Å². The maximum atomic E-state index is 10.7. The van der Waals surface area contributed by atoms with Crippen LogP contribution in [0.3, 0.4) is 0 Å². The molecule has 5 nitrogen and oxygen atoms in total. The molecule has 2 heterocycles. The third kappa shape index (κ3) is 1.03. The molecule has 0 saturated carbocycles. The summed E-state index contributed by atoms with van der Waals surface area (Å²) in [6, 6.07) is 1.39. The maximum Gasteiger partial charge on any atom is 0.306 e. The van der Waals surface area contributed by atoms with Crippen molar-refractivity contribution in [1.29, 1.82) is 0 Å². The van der Waals surface area contributed by atoms with Crippen molar-refractivity contribution in [3.05, 3.63) is 16.4 Å². The fourth-order valence-electron chi connectivity index (χ4n) is 1.09. The van der Waals surface area contributed by atoms with Gasteiger partial charge in [0.05, 0.1) is 0 Å². The van der Waals surface area contributed by atoms with Crippen molar-refractivity contribution in [2.24, 2.45) is 0 Å². The van der Waals surface area contributed by atoms with Gasteiger partial charge in [-0.15, -0.1) is 0 Å². The van der Waals surface area contributed by atoms with Gasteiger partial charge in [-0.25, -0.2) is 5.10 Å². The van der Waals surface area contributed by atoms with Crippen LogP contribution in [-0.4, -0.2) is 28.4 Å². The minimum Gasteiger partial charge on any atom is -0.503 e. The highest BCUT2D eigenvalue weighted by Gasteiger charge is 2.16. The third-order valence-corrected chi connectivity index (χ3v) is 1.95. The van der Waals surface area contributed by atoms with Crippen molar-refractivity contribution >= 4 is 5.82 Å². The molecule has 1 aliphatic heterocycles. The van der Waals surface area contributed by atoms with Gasteiger partial charge in [0.1, 0.15) is 0 Å². The van der Waals surface area contributed by atoms with Gasteiger partial charge in [0.2, 0.25) is 0 Å². The Hall–Kier alpha value is -1.52. The van der Waals surface area contributed by atoms with Crippen molar-refractivity contribution in [3.8, 4) is 5.75 Å². The number of hydrogen-bond acceptors (Lipinski definition) is 4. The largest absolute Gasteiger partial charge is 0.503 e. The third-order valence-electron chi connectivity index (χ3n) is 1.95. The topological polar surface area (TPSA) is 69.2 Å². The van der Waals surface area contributed by atoms with Gasteiger partial charge in [-0.3, -0.25) is 4.79 Å². The van der Waals surface area contributed by atoms with E-state index in [1.54, 1.807) is 0 Å². The first kappa shape index (κ1) is 7.15. The highest BCUT2D eigenvalue weighted by atomic mass is 16.3. The molecule has 1 aromatic heterocycles. The minimum absolute atomic E-state index is 0.271. The zero-order chi connectivity index (χ0) is 8.55. The molecule has 64 valence electrons. The Labute approximate surface area is 68.6 Å². The van der Waals surface area contributed by atoms with Crippen molar-refractivity contribution < 1.29 is 5.11 Å². The van der Waals surface area contributed by atoms with Crippen LogP contribution in [0.25, 0.3) is 0 Å². The molecule has 2 rings (SSSR count). The van der Waals surface area contributed by atoms with Crippen LogP contribution in [0.1, 0.15) is 6.42 Å². The van der Waals surface area contributed by atoms with E-state index in [2.05, 4.69) is 10.2 Å². The van der Waals surface area contributed by atoms with E-state index in [9.17, 15) is 4.79 Å². The fraction of sp³-hybridized carbons (Fsp3) is 0.429. The number of aromatic amines is 1. The summed E-state index contributed by atoms with van der Waals surface area (Å²) in [5.74, 6) is 0.366. The highest BCUT2D eigenvalue weighted by molar-refractivity contribution is 5.43. The molecule has 0 amide bonds. The molecule has 0 bridgehead atoms. The first-order chi connectivity index (χ1) is 5.77. The predicted molar refractivity (Wildman–Crippen MR) is 43.4 cm³/mol. The lowest BCUT2D eigenvalue weighted by molar-refractivity contribution is 0.462. The number of aromatic nitrogens is 2. The molecule has 2 N–H and O–H groups in total. The monoisotopic (exact) mass is 167 g/mol. The Morgan fingerprint density at radius 2 is 2.33 bits per heavy atom. The van der Waals surface area contributed by atoms with Crippen LogP contribution in [0, 0.1) is 0 Å². The van der Waals surface area contributed by atoms with Crippen LogP contribution in [-0.2, 0) is 0 Å². The molecule has 1 aromatic rings. The zero-order valence-electron chi connectivity index (χ0n) is 6.45. The Kier molecular flexibility index (Phi) is 1.49. The maximum absolute atomic E-state index is 10.7. The van der Waals surface area contributed by atoms with E-state index in [-0.39, 0.29) is 5.75 Å². The van der Waals surface area contributed by atoms with Gasteiger partial charge < -0.3 is 10.0 Å². The molecule has 5 heteroatoms. The molecule has 1 aliphatic rings. The molecule has 1 saturated heterocycles. The number of aromatic hydroxyl groups is 1. The van der Waals surface area contributed by atoms with Crippen molar-refractivity contribution in [2.45, 2.75) is 6.42 Å². The van der Waals surface area contributed by atoms with Gasteiger partial charge >= 0.3 is 5.56 Å². The number of anilines is 1. The van der Waals surface area contributed by atoms with Gasteiger partial charge in [0.25, 0.3) is 0 Å². The Morgan fingerprint density at radius 3 is 2.83 bits per heavy atom. The second-order valence-corrected chi connectivity index (χ2v) is 2.78. The van der Waals surface area contributed by atoms with E-state index in [0.717, 1.165) is 19.5 Å². The van der Waals surface area contributed by atoms with Crippen molar-refractivity contribution in [1.82, 2.24) is 10.2 Å². The van der Waals surface area contributed by atoms with E-state index in [0.29, 0.717) is 5.82 Å². The zero-order valence-corrected chi connectivity index (χ0v) is 6.45. The molecular weight excluding hydrogens is 158 g/mol. The first-order valence-electron chi connectivity index (χ1n) is 3.81. The lowest BCUT2D eigenvalue weighted by Gasteiger charge is -2.31. The SMILES string of the molecule is O=c1[nH]nc(N2CCC2)cc1O. The molecular formula is C7H9N3O2. The predicted octanol–water partition coefficient (Wildman–Crippen LogP) is -0.314. The van der Waals surface area contributed by atoms with Crippen LogP contribution in [0.15, 0.2) is 10.9 Å². The Bertz CT molecular complexity index is 343. The van der Waals surface area contributed by atoms with Crippen LogP contribution >= 0.6 is 0 Å². The summed E-state index contributed by atoms with van der Waals surface area (Å²) in [5, 5.41) is 15.1. The van der Waals surface area contributed by atoms with E-state index in [1.165, 1.54) is 6.07 Å². The number of nitrogens with one attached hydrogen (secondary N) is 1. The van der Waals surface area contributed by atoms with E-state index in [1.807, 2.05) is 4.90 Å². The molecule has 0 atom stereocenters. The normalized spacial score (nSPS) is 15.8. The lowest BCUT2D eigenvalue weighted by Crippen LogP contribution is -2.38. The summed E-state index contributed by atoms with van der Waals surface area (Å²) in [7, 11) is 0. The Morgan fingerprint density at radius 1 is 1.58 bits per heavy atom. The van der Waals surface area contributed by atoms with Gasteiger partial charge in [0, 0.05) is 19.2 Å². The van der Waals surface area contributed by atoms with Gasteiger partial charge in [-0.05, 0) is 6.42 Å². The fourth-order valence-corrected chi connectivity index (χ4v) is 1.09. The highest BCUT2D eigenvalue weighted by Crippen LogP contribution is 2.17. The molecule has 0 aliphatic carbocycles. The summed E-state index contributed by atoms with van der Waals surface area (Å²) >= 11 is 0. The summed E-state index contributed by atoms with van der Waals surface area (Å²) in [5.41, 5.74) is -0.542. The molecule has 0 radical (unpaired) electrons. The van der Waals surface area contributed by atoms with Crippen LogP contribution in [0.5, 0.6) is 5.75 Å². The minimum atomic E-state index is -0.542. The number of hydrogen-bond donors (Lipinski definition) is 2. The lowest BCUT2D eigenvalue weighted by atomic mass is 10.2. The van der Waals surface area contributed by atoms with Crippen LogP contribution < -0.4 is 10.5 Å². The molecule has 0 aromatic carbocycles. The number of H-pyrrole nitrogens is 1. The molecule has 0 unspecified atom stereocenters. The summed E-state index contributed by atoms with van der Waals surface area (Å²) in [6.45, 7) is 1.89. The second kappa shape index (κ2) is 2.51. The van der Waals surface area contributed by atoms with E-state index >= 15 is 0 Å². The number of rotatable bonds is 1. The molecule has 12 heavy (non-hydrogen) atoms. The summed E-state index contributed by atoms with van der Waals surface area (Å²) < 4.78 is 0. The summed E-state index contributed by atoms with van der Waals surface area (Å²) in [6.07, 6.45) is 1.14. The van der Waals surface area contributed by atoms with E-state index < -0.39 is 5.56 Å². The molecule has 0 spiro atoms. The number of nitrogens with zero attached hydrogens (tertiary/aromatic N) is 2. The summed E-state index contributed by atoms with van der Waals surface area (Å²) in [4.78, 5) is 12.7. The average molecular weight is 167 g/mol. The van der Waals surface area contributed by atoms with Crippen molar-refractivity contribution in [2.75, 3.05) is 18.0 Å². The quantitative estimate of drug-likeness (QED) is 0.601. The van der Waals surface area contributed by atoms with E-state index in [4.69, 9.17) is 5.11 Å². The van der Waals surface area contributed by atoms with Crippen LogP contribution in [0.2, 0.25) is 0 Å². The van der Waals surface area contributed by atoms with Crippen LogP contribution in [0.4, 0.5) is 5.82 Å². The second-order valence-electron chi connectivity index (χ2n) is 2.78. The smallest absolute Gasteiger partial charge is 0.306 e. The average Bonchev–Trinajstić information content (AvgIpc) is 1.93. The Balaban J connectivity index is 2.33. The standard InChI is InChI=1S/C7H9N3O2/c11-5-4-6(8-9-7(5)12)10-2-1-3-10/h4H,1-3H2,(H,8,11)(H,9,12). The van der Waals surface area contributed by atoms with Gasteiger partial charge in [-0.2, -0.15) is 5.10 Å².